The molecule has 1 aliphatic heterocycles. The van der Waals surface area contributed by atoms with E-state index >= 15 is 0 Å². The standard InChI is InChI=1S/C12H21F3N2/c1-4-5-6-17-8-7-16(9-11(17,2)3)10-12(13,14)15/h4H,1,5-10H2,2-3H3. The van der Waals surface area contributed by atoms with Gasteiger partial charge in [0.25, 0.3) is 0 Å². The molecule has 1 rings (SSSR count). The first-order valence-electron chi connectivity index (χ1n) is 5.90. The summed E-state index contributed by atoms with van der Waals surface area (Å²) in [4.78, 5) is 3.73. The molecule has 0 bridgehead atoms. The fourth-order valence-electron chi connectivity index (χ4n) is 2.34. The molecule has 0 spiro atoms. The van der Waals surface area contributed by atoms with Crippen LogP contribution < -0.4 is 0 Å². The molecule has 0 radical (unpaired) electrons. The Balaban J connectivity index is 2.52. The lowest BCUT2D eigenvalue weighted by Crippen LogP contribution is -2.60. The SMILES string of the molecule is C=CCCN1CCN(CC(F)(F)F)CC1(C)C. The molecule has 0 unspecified atom stereocenters. The zero-order chi connectivity index (χ0) is 13.1. The second-order valence-corrected chi connectivity index (χ2v) is 5.20. The highest BCUT2D eigenvalue weighted by Gasteiger charge is 2.38. The van der Waals surface area contributed by atoms with E-state index in [4.69, 9.17) is 0 Å². The molecule has 1 saturated heterocycles. The minimum atomic E-state index is -4.10. The zero-order valence-electron chi connectivity index (χ0n) is 10.6. The van der Waals surface area contributed by atoms with Crippen LogP contribution in [0, 0.1) is 0 Å². The average Bonchev–Trinajstić information content (AvgIpc) is 2.12. The molecule has 0 aromatic heterocycles. The van der Waals surface area contributed by atoms with Crippen molar-refractivity contribution in [1.82, 2.24) is 9.80 Å². The number of alkyl halides is 3. The number of nitrogens with zero attached hydrogens (tertiary/aromatic N) is 2. The van der Waals surface area contributed by atoms with E-state index in [9.17, 15) is 13.2 Å². The van der Waals surface area contributed by atoms with Crippen molar-refractivity contribution in [2.75, 3.05) is 32.7 Å². The Morgan fingerprint density at radius 1 is 1.29 bits per heavy atom. The van der Waals surface area contributed by atoms with Crippen molar-refractivity contribution in [2.24, 2.45) is 0 Å². The summed E-state index contributed by atoms with van der Waals surface area (Å²) in [5, 5.41) is 0. The van der Waals surface area contributed by atoms with Crippen molar-refractivity contribution >= 4 is 0 Å². The van der Waals surface area contributed by atoms with Crippen LogP contribution in [0.3, 0.4) is 0 Å². The molecule has 17 heavy (non-hydrogen) atoms. The third-order valence-electron chi connectivity index (χ3n) is 3.16. The van der Waals surface area contributed by atoms with Gasteiger partial charge < -0.3 is 0 Å². The summed E-state index contributed by atoms with van der Waals surface area (Å²) in [5.41, 5.74) is -0.202. The highest BCUT2D eigenvalue weighted by Crippen LogP contribution is 2.24. The first-order chi connectivity index (χ1) is 7.74. The van der Waals surface area contributed by atoms with Crippen LogP contribution in [0.1, 0.15) is 20.3 Å². The Morgan fingerprint density at radius 3 is 2.41 bits per heavy atom. The summed E-state index contributed by atoms with van der Waals surface area (Å²) in [6.45, 7) is 9.38. The number of piperazine rings is 1. The number of halogens is 3. The zero-order valence-corrected chi connectivity index (χ0v) is 10.6. The first-order valence-corrected chi connectivity index (χ1v) is 5.90. The van der Waals surface area contributed by atoms with Crippen molar-refractivity contribution in [3.8, 4) is 0 Å². The van der Waals surface area contributed by atoms with Gasteiger partial charge in [-0.2, -0.15) is 13.2 Å². The van der Waals surface area contributed by atoms with E-state index in [1.165, 1.54) is 4.90 Å². The maximum atomic E-state index is 12.3. The maximum absolute atomic E-state index is 12.3. The number of hydrogen-bond acceptors (Lipinski definition) is 2. The van der Waals surface area contributed by atoms with Crippen molar-refractivity contribution in [1.29, 1.82) is 0 Å². The quantitative estimate of drug-likeness (QED) is 0.707. The Labute approximate surface area is 101 Å². The van der Waals surface area contributed by atoms with Gasteiger partial charge in [-0.1, -0.05) is 6.08 Å². The molecule has 0 aromatic carbocycles. The third kappa shape index (κ3) is 4.68. The largest absolute Gasteiger partial charge is 0.401 e. The van der Waals surface area contributed by atoms with Crippen LogP contribution in [0.2, 0.25) is 0 Å². The Morgan fingerprint density at radius 2 is 1.94 bits per heavy atom. The molecular formula is C12H21F3N2. The second-order valence-electron chi connectivity index (χ2n) is 5.20. The third-order valence-corrected chi connectivity index (χ3v) is 3.16. The van der Waals surface area contributed by atoms with Crippen LogP contribution in [0.15, 0.2) is 12.7 Å². The lowest BCUT2D eigenvalue weighted by molar-refractivity contribution is -0.155. The van der Waals surface area contributed by atoms with Gasteiger partial charge in [-0.15, -0.1) is 6.58 Å². The van der Waals surface area contributed by atoms with Crippen LogP contribution >= 0.6 is 0 Å². The summed E-state index contributed by atoms with van der Waals surface area (Å²) in [5.74, 6) is 0. The predicted molar refractivity (Wildman–Crippen MR) is 63.0 cm³/mol. The molecule has 5 heteroatoms. The van der Waals surface area contributed by atoms with Gasteiger partial charge in [0.15, 0.2) is 0 Å². The van der Waals surface area contributed by atoms with Gasteiger partial charge in [-0.05, 0) is 20.3 Å². The number of hydrogen-bond donors (Lipinski definition) is 0. The normalized spacial score (nSPS) is 22.6. The van der Waals surface area contributed by atoms with Gasteiger partial charge in [0.2, 0.25) is 0 Å². The molecule has 1 aliphatic rings. The van der Waals surface area contributed by atoms with E-state index in [0.717, 1.165) is 13.0 Å². The molecule has 0 atom stereocenters. The topological polar surface area (TPSA) is 6.48 Å². The van der Waals surface area contributed by atoms with Gasteiger partial charge >= 0.3 is 6.18 Å². The highest BCUT2D eigenvalue weighted by atomic mass is 19.4. The highest BCUT2D eigenvalue weighted by molar-refractivity contribution is 4.91. The average molecular weight is 250 g/mol. The molecule has 1 fully saturated rings. The molecule has 0 aliphatic carbocycles. The van der Waals surface area contributed by atoms with Crippen LogP contribution in [-0.2, 0) is 0 Å². The van der Waals surface area contributed by atoms with Gasteiger partial charge in [-0.3, -0.25) is 9.80 Å². The minimum Gasteiger partial charge on any atom is -0.295 e. The van der Waals surface area contributed by atoms with Crippen LogP contribution in [0.5, 0.6) is 0 Å². The van der Waals surface area contributed by atoms with E-state index in [1.807, 2.05) is 19.9 Å². The molecule has 0 saturated carbocycles. The summed E-state index contributed by atoms with van der Waals surface area (Å²) >= 11 is 0. The van der Waals surface area contributed by atoms with Crippen molar-refractivity contribution in [2.45, 2.75) is 32.0 Å². The van der Waals surface area contributed by atoms with Crippen molar-refractivity contribution in [3.05, 3.63) is 12.7 Å². The number of rotatable bonds is 4. The first kappa shape index (κ1) is 14.5. The Bertz CT molecular complexity index is 261. The van der Waals surface area contributed by atoms with Crippen LogP contribution in [0.25, 0.3) is 0 Å². The van der Waals surface area contributed by atoms with E-state index in [2.05, 4.69) is 11.5 Å². The summed E-state index contributed by atoms with van der Waals surface area (Å²) < 4.78 is 37.0. The fraction of sp³-hybridized carbons (Fsp3) is 0.833. The van der Waals surface area contributed by atoms with E-state index in [-0.39, 0.29) is 5.54 Å². The molecule has 2 nitrogen and oxygen atoms in total. The van der Waals surface area contributed by atoms with Crippen molar-refractivity contribution in [3.63, 3.8) is 0 Å². The van der Waals surface area contributed by atoms with Gasteiger partial charge in [0.1, 0.15) is 0 Å². The van der Waals surface area contributed by atoms with Gasteiger partial charge in [-0.25, -0.2) is 0 Å². The second kappa shape index (κ2) is 5.40. The molecule has 0 N–H and O–H groups in total. The smallest absolute Gasteiger partial charge is 0.295 e. The summed E-state index contributed by atoms with van der Waals surface area (Å²) in [6, 6.07) is 0. The lowest BCUT2D eigenvalue weighted by Gasteiger charge is -2.47. The van der Waals surface area contributed by atoms with Crippen molar-refractivity contribution < 1.29 is 13.2 Å². The van der Waals surface area contributed by atoms with E-state index < -0.39 is 12.7 Å². The minimum absolute atomic E-state index is 0.202. The molecule has 0 aromatic rings. The molecular weight excluding hydrogens is 229 g/mol. The van der Waals surface area contributed by atoms with Gasteiger partial charge in [0, 0.05) is 31.7 Å². The molecule has 1 heterocycles. The Hall–Kier alpha value is -0.550. The van der Waals surface area contributed by atoms with Gasteiger partial charge in [0.05, 0.1) is 6.54 Å². The van der Waals surface area contributed by atoms with Crippen LogP contribution in [-0.4, -0.2) is 54.2 Å². The lowest BCUT2D eigenvalue weighted by atomic mass is 9.98. The van der Waals surface area contributed by atoms with E-state index in [1.54, 1.807) is 0 Å². The predicted octanol–water partition coefficient (Wildman–Crippen LogP) is 2.52. The van der Waals surface area contributed by atoms with Crippen LogP contribution in [0.4, 0.5) is 13.2 Å². The summed E-state index contributed by atoms with van der Waals surface area (Å²) in [6.07, 6.45) is -1.37. The summed E-state index contributed by atoms with van der Waals surface area (Å²) in [7, 11) is 0. The van der Waals surface area contributed by atoms with E-state index in [0.29, 0.717) is 19.6 Å². The monoisotopic (exact) mass is 250 g/mol. The fourth-order valence-corrected chi connectivity index (χ4v) is 2.34. The molecule has 0 amide bonds. The molecule has 100 valence electrons. The Kier molecular flexibility index (Phi) is 4.61. The maximum Gasteiger partial charge on any atom is 0.401 e.